The summed E-state index contributed by atoms with van der Waals surface area (Å²) in [6.45, 7) is 7.23. The molecule has 13 nitrogen and oxygen atoms in total. The van der Waals surface area contributed by atoms with Crippen molar-refractivity contribution in [3.05, 3.63) is 34.5 Å². The number of fused-ring (bicyclic) bond motifs is 1. The van der Waals surface area contributed by atoms with E-state index in [1.807, 2.05) is 0 Å². The molecule has 0 aromatic carbocycles. The second-order valence-corrected chi connectivity index (χ2v) is 11.1. The molecule has 0 saturated carbocycles. The standard InChI is InChI=1S/C23H27N5O8S2/c1-6-7-12-8-37-19-15(26-17(30)14(27-36-11(2)29)13-9-38-22(24)25-13)18(31)28(19)16(12)20(32)34-10-35-21(33)23(3,4)5/h6-7,9,15,19H,8,10H2,1-5H3,(H2,24,25)(H,26,30)/b7-6-,27-14-/t15-,19-/m1/s1. The molecule has 3 heterocycles. The number of esters is 2. The number of carbonyl (C=O) groups is 5. The summed E-state index contributed by atoms with van der Waals surface area (Å²) in [5.41, 5.74) is 5.11. The van der Waals surface area contributed by atoms with E-state index in [-0.39, 0.29) is 22.2 Å². The molecule has 0 unspecified atom stereocenters. The molecule has 0 aliphatic carbocycles. The minimum Gasteiger partial charge on any atom is -0.427 e. The fraction of sp³-hybridized carbons (Fsp3) is 0.435. The molecule has 1 aromatic rings. The van der Waals surface area contributed by atoms with Gasteiger partial charge in [0.2, 0.25) is 6.79 Å². The van der Waals surface area contributed by atoms with Crippen molar-refractivity contribution in [3.8, 4) is 0 Å². The number of allylic oxidation sites excluding steroid dienone is 2. The maximum Gasteiger partial charge on any atom is 0.358 e. The van der Waals surface area contributed by atoms with Gasteiger partial charge in [-0.2, -0.15) is 0 Å². The van der Waals surface area contributed by atoms with Crippen LogP contribution in [0.5, 0.6) is 0 Å². The van der Waals surface area contributed by atoms with Crippen LogP contribution in [-0.4, -0.2) is 69.3 Å². The topological polar surface area (TPSA) is 180 Å². The van der Waals surface area contributed by atoms with Gasteiger partial charge in [0.05, 0.1) is 5.41 Å². The van der Waals surface area contributed by atoms with E-state index in [1.165, 1.54) is 22.0 Å². The number of rotatable bonds is 8. The summed E-state index contributed by atoms with van der Waals surface area (Å²) in [5, 5.41) is 7.12. The third kappa shape index (κ3) is 6.39. The van der Waals surface area contributed by atoms with Crippen LogP contribution in [0.2, 0.25) is 0 Å². The number of β-lactam (4-membered cyclic amide) rings is 1. The van der Waals surface area contributed by atoms with Crippen molar-refractivity contribution in [3.63, 3.8) is 0 Å². The molecule has 3 rings (SSSR count). The lowest BCUT2D eigenvalue weighted by Crippen LogP contribution is -2.71. The number of oxime groups is 1. The van der Waals surface area contributed by atoms with E-state index in [0.717, 1.165) is 18.3 Å². The first kappa shape index (κ1) is 28.8. The highest BCUT2D eigenvalue weighted by molar-refractivity contribution is 8.00. The van der Waals surface area contributed by atoms with Crippen LogP contribution in [0.1, 0.15) is 40.3 Å². The molecule has 204 valence electrons. The molecule has 0 radical (unpaired) electrons. The number of ether oxygens (including phenoxy) is 2. The lowest BCUT2D eigenvalue weighted by Gasteiger charge is -2.49. The zero-order valence-corrected chi connectivity index (χ0v) is 22.9. The predicted octanol–water partition coefficient (Wildman–Crippen LogP) is 1.31. The maximum atomic E-state index is 13.1. The zero-order chi connectivity index (χ0) is 28.2. The van der Waals surface area contributed by atoms with Crippen molar-refractivity contribution in [2.24, 2.45) is 10.6 Å². The third-order valence-electron chi connectivity index (χ3n) is 5.08. The van der Waals surface area contributed by atoms with Crippen LogP contribution in [0.25, 0.3) is 0 Å². The summed E-state index contributed by atoms with van der Waals surface area (Å²) in [7, 11) is 0. The van der Waals surface area contributed by atoms with Gasteiger partial charge in [-0.25, -0.2) is 14.6 Å². The van der Waals surface area contributed by atoms with E-state index < -0.39 is 53.3 Å². The summed E-state index contributed by atoms with van der Waals surface area (Å²) in [5.74, 6) is -3.21. The molecule has 2 amide bonds. The summed E-state index contributed by atoms with van der Waals surface area (Å²) in [4.78, 5) is 72.1. The van der Waals surface area contributed by atoms with Gasteiger partial charge in [0.15, 0.2) is 10.8 Å². The largest absolute Gasteiger partial charge is 0.427 e. The van der Waals surface area contributed by atoms with E-state index in [4.69, 9.17) is 15.2 Å². The molecule has 1 saturated heterocycles. The maximum absolute atomic E-state index is 13.1. The van der Waals surface area contributed by atoms with Gasteiger partial charge in [-0.1, -0.05) is 17.3 Å². The summed E-state index contributed by atoms with van der Waals surface area (Å²) < 4.78 is 10.1. The Hall–Kier alpha value is -3.72. The molecule has 0 bridgehead atoms. The van der Waals surface area contributed by atoms with Crippen LogP contribution in [0, 0.1) is 5.41 Å². The fourth-order valence-corrected chi connectivity index (χ4v) is 5.17. The minimum atomic E-state index is -1.01. The smallest absolute Gasteiger partial charge is 0.358 e. The van der Waals surface area contributed by atoms with E-state index in [2.05, 4.69) is 20.3 Å². The zero-order valence-electron chi connectivity index (χ0n) is 21.3. The van der Waals surface area contributed by atoms with Crippen LogP contribution in [0.3, 0.4) is 0 Å². The van der Waals surface area contributed by atoms with E-state index >= 15 is 0 Å². The molecule has 1 fully saturated rings. The van der Waals surface area contributed by atoms with Gasteiger partial charge < -0.3 is 25.4 Å². The number of hydrogen-bond donors (Lipinski definition) is 2. The number of thiazole rings is 1. The second kappa shape index (κ2) is 11.8. The Kier molecular flexibility index (Phi) is 8.93. The van der Waals surface area contributed by atoms with Gasteiger partial charge in [0, 0.05) is 18.1 Å². The summed E-state index contributed by atoms with van der Waals surface area (Å²) in [6.07, 6.45) is 3.39. The number of nitrogen functional groups attached to an aromatic ring is 1. The van der Waals surface area contributed by atoms with E-state index in [0.29, 0.717) is 11.3 Å². The second-order valence-electron chi connectivity index (χ2n) is 9.06. The van der Waals surface area contributed by atoms with Crippen LogP contribution in [-0.2, 0) is 38.3 Å². The molecular formula is C23H27N5O8S2. The summed E-state index contributed by atoms with van der Waals surface area (Å²) in [6, 6.07) is -1.01. The number of hydrogen-bond acceptors (Lipinski definition) is 13. The number of anilines is 1. The Bertz CT molecular complexity index is 1250. The number of nitrogens with one attached hydrogen (secondary N) is 1. The number of nitrogens with zero attached hydrogens (tertiary/aromatic N) is 3. The molecule has 1 aromatic heterocycles. The first-order chi connectivity index (χ1) is 17.8. The van der Waals surface area contributed by atoms with Gasteiger partial charge in [0.1, 0.15) is 22.8 Å². The van der Waals surface area contributed by atoms with Gasteiger partial charge in [-0.15, -0.1) is 23.1 Å². The Balaban J connectivity index is 1.76. The van der Waals surface area contributed by atoms with E-state index in [9.17, 15) is 24.0 Å². The van der Waals surface area contributed by atoms with Crippen molar-refractivity contribution >= 4 is 63.7 Å². The minimum absolute atomic E-state index is 0.00441. The number of nitrogens with two attached hydrogens (primary N) is 1. The number of thioether (sulfide) groups is 1. The third-order valence-corrected chi connectivity index (χ3v) is 7.06. The van der Waals surface area contributed by atoms with Gasteiger partial charge >= 0.3 is 17.9 Å². The Morgan fingerprint density at radius 1 is 1.29 bits per heavy atom. The summed E-state index contributed by atoms with van der Waals surface area (Å²) >= 11 is 2.38. The van der Waals surface area contributed by atoms with Gasteiger partial charge in [-0.3, -0.25) is 19.3 Å². The highest BCUT2D eigenvalue weighted by atomic mass is 32.2. The molecule has 2 atom stereocenters. The lowest BCUT2D eigenvalue weighted by molar-refractivity contribution is -0.173. The van der Waals surface area contributed by atoms with Crippen molar-refractivity contribution in [1.82, 2.24) is 15.2 Å². The Morgan fingerprint density at radius 3 is 2.58 bits per heavy atom. The quantitative estimate of drug-likeness (QED) is 0.116. The first-order valence-electron chi connectivity index (χ1n) is 11.3. The van der Waals surface area contributed by atoms with Gasteiger partial charge in [0.25, 0.3) is 11.8 Å². The van der Waals surface area contributed by atoms with Crippen molar-refractivity contribution in [2.75, 3.05) is 18.3 Å². The van der Waals surface area contributed by atoms with Crippen molar-refractivity contribution in [2.45, 2.75) is 46.0 Å². The molecule has 15 heteroatoms. The average molecular weight is 566 g/mol. The fourth-order valence-electron chi connectivity index (χ4n) is 3.30. The first-order valence-corrected chi connectivity index (χ1v) is 13.2. The van der Waals surface area contributed by atoms with Gasteiger partial charge in [-0.05, 0) is 33.3 Å². The van der Waals surface area contributed by atoms with Crippen LogP contribution < -0.4 is 11.1 Å². The highest BCUT2D eigenvalue weighted by Gasteiger charge is 2.54. The predicted molar refractivity (Wildman–Crippen MR) is 138 cm³/mol. The van der Waals surface area contributed by atoms with Crippen LogP contribution in [0.4, 0.5) is 5.13 Å². The number of amides is 2. The van der Waals surface area contributed by atoms with Crippen LogP contribution in [0.15, 0.2) is 34.0 Å². The number of aromatic nitrogens is 1. The SMILES string of the molecule is C/C=C\C1=C(C(=O)OCOC(=O)C(C)(C)C)N2C(=O)[C@@H](NC(=O)/C(=N\OC(C)=O)c3csc(N)n3)[C@H]2SC1. The van der Waals surface area contributed by atoms with Crippen molar-refractivity contribution in [1.29, 1.82) is 0 Å². The molecule has 38 heavy (non-hydrogen) atoms. The number of carbonyl (C=O) groups excluding carboxylic acids is 5. The molecule has 3 N–H and O–H groups in total. The molecule has 2 aliphatic heterocycles. The molecular weight excluding hydrogens is 538 g/mol. The van der Waals surface area contributed by atoms with E-state index in [1.54, 1.807) is 39.8 Å². The normalized spacial score (nSPS) is 19.6. The highest BCUT2D eigenvalue weighted by Crippen LogP contribution is 2.41. The Morgan fingerprint density at radius 2 is 2.00 bits per heavy atom. The van der Waals surface area contributed by atoms with Crippen LogP contribution >= 0.6 is 23.1 Å². The monoisotopic (exact) mass is 565 g/mol. The average Bonchev–Trinajstić information content (AvgIpc) is 3.27. The molecule has 0 spiro atoms. The van der Waals surface area contributed by atoms with Crippen molar-refractivity contribution < 1.29 is 38.3 Å². The Labute approximate surface area is 226 Å². The lowest BCUT2D eigenvalue weighted by atomic mass is 9.98. The molecule has 2 aliphatic rings.